The van der Waals surface area contributed by atoms with Gasteiger partial charge < -0.3 is 4.74 Å². The molecule has 0 aliphatic rings. The quantitative estimate of drug-likeness (QED) is 0.655. The molecular formula is C14H17ClN2OS. The molecule has 0 fully saturated rings. The van der Waals surface area contributed by atoms with E-state index in [0.717, 1.165) is 22.6 Å². The zero-order chi connectivity index (χ0) is 13.8. The molecule has 0 saturated heterocycles. The molecular weight excluding hydrogens is 280 g/mol. The van der Waals surface area contributed by atoms with Gasteiger partial charge in [0.1, 0.15) is 5.75 Å². The first-order valence-electron chi connectivity index (χ1n) is 6.07. The Kier molecular flexibility index (Phi) is 4.82. The lowest BCUT2D eigenvalue weighted by molar-refractivity contribution is 0.404. The summed E-state index contributed by atoms with van der Waals surface area (Å²) >= 11 is 7.82. The number of nitrogens with two attached hydrogens (primary N) is 1. The van der Waals surface area contributed by atoms with Crippen molar-refractivity contribution in [3.8, 4) is 5.75 Å². The molecule has 0 radical (unpaired) electrons. The first-order chi connectivity index (χ1) is 9.19. The van der Waals surface area contributed by atoms with E-state index in [1.165, 1.54) is 4.88 Å². The number of rotatable bonds is 5. The van der Waals surface area contributed by atoms with Crippen molar-refractivity contribution in [2.45, 2.75) is 19.4 Å². The zero-order valence-corrected chi connectivity index (χ0v) is 12.5. The van der Waals surface area contributed by atoms with Gasteiger partial charge in [0, 0.05) is 20.3 Å². The fourth-order valence-electron chi connectivity index (χ4n) is 2.00. The number of hydrogen-bond acceptors (Lipinski definition) is 4. The normalized spacial score (nSPS) is 12.4. The molecule has 2 aromatic rings. The van der Waals surface area contributed by atoms with Crippen LogP contribution in [0.2, 0.25) is 5.02 Å². The topological polar surface area (TPSA) is 47.3 Å². The Labute approximate surface area is 122 Å². The fourth-order valence-corrected chi connectivity index (χ4v) is 3.21. The summed E-state index contributed by atoms with van der Waals surface area (Å²) in [4.78, 5) is 2.48. The van der Waals surface area contributed by atoms with Crippen molar-refractivity contribution in [2.75, 3.05) is 7.11 Å². The molecule has 3 nitrogen and oxygen atoms in total. The molecule has 1 aromatic heterocycles. The minimum absolute atomic E-state index is 0.112. The van der Waals surface area contributed by atoms with Gasteiger partial charge in [0.25, 0.3) is 0 Å². The Morgan fingerprint density at radius 3 is 2.74 bits per heavy atom. The Hall–Kier alpha value is -1.07. The van der Waals surface area contributed by atoms with E-state index >= 15 is 0 Å². The minimum Gasteiger partial charge on any atom is -0.496 e. The van der Waals surface area contributed by atoms with E-state index in [2.05, 4.69) is 24.5 Å². The molecule has 102 valence electrons. The van der Waals surface area contributed by atoms with E-state index in [0.29, 0.717) is 5.02 Å². The summed E-state index contributed by atoms with van der Waals surface area (Å²) < 4.78 is 5.39. The van der Waals surface area contributed by atoms with Crippen LogP contribution in [0.5, 0.6) is 5.75 Å². The summed E-state index contributed by atoms with van der Waals surface area (Å²) in [5.41, 5.74) is 3.79. The van der Waals surface area contributed by atoms with Gasteiger partial charge in [-0.25, -0.2) is 5.43 Å². The van der Waals surface area contributed by atoms with E-state index in [1.807, 2.05) is 18.2 Å². The molecule has 0 spiro atoms. The molecule has 0 amide bonds. The molecule has 0 saturated carbocycles. The third kappa shape index (κ3) is 3.09. The predicted octanol–water partition coefficient (Wildman–Crippen LogP) is 3.53. The molecule has 19 heavy (non-hydrogen) atoms. The standard InChI is InChI=1S/C14H17ClN2OS/c1-3-10-5-7-13(19-10)14(17-16)11-8-9(15)4-6-12(11)18-2/h4-8,14,17H,3,16H2,1-2H3. The van der Waals surface area contributed by atoms with Gasteiger partial charge in [-0.3, -0.25) is 5.84 Å². The van der Waals surface area contributed by atoms with Crippen molar-refractivity contribution in [3.63, 3.8) is 0 Å². The van der Waals surface area contributed by atoms with Gasteiger partial charge in [-0.1, -0.05) is 18.5 Å². The predicted molar refractivity (Wildman–Crippen MR) is 80.9 cm³/mol. The van der Waals surface area contributed by atoms with E-state index < -0.39 is 0 Å². The number of hydrogen-bond donors (Lipinski definition) is 2. The van der Waals surface area contributed by atoms with Crippen LogP contribution in [-0.4, -0.2) is 7.11 Å². The van der Waals surface area contributed by atoms with Crippen LogP contribution in [0, 0.1) is 0 Å². The van der Waals surface area contributed by atoms with Crippen molar-refractivity contribution < 1.29 is 4.74 Å². The molecule has 3 N–H and O–H groups in total. The average molecular weight is 297 g/mol. The van der Waals surface area contributed by atoms with Gasteiger partial charge in [0.2, 0.25) is 0 Å². The maximum atomic E-state index is 6.07. The summed E-state index contributed by atoms with van der Waals surface area (Å²) in [6.45, 7) is 2.14. The maximum absolute atomic E-state index is 6.07. The summed E-state index contributed by atoms with van der Waals surface area (Å²) in [5.74, 6) is 6.50. The largest absolute Gasteiger partial charge is 0.496 e. The van der Waals surface area contributed by atoms with Gasteiger partial charge in [-0.2, -0.15) is 0 Å². The number of aryl methyl sites for hydroxylation is 1. The monoisotopic (exact) mass is 296 g/mol. The van der Waals surface area contributed by atoms with Gasteiger partial charge in [0.15, 0.2) is 0 Å². The lowest BCUT2D eigenvalue weighted by Crippen LogP contribution is -2.28. The number of halogens is 1. The molecule has 2 rings (SSSR count). The highest BCUT2D eigenvalue weighted by molar-refractivity contribution is 7.12. The summed E-state index contributed by atoms with van der Waals surface area (Å²) in [7, 11) is 1.65. The third-order valence-electron chi connectivity index (χ3n) is 2.98. The molecule has 0 aliphatic heterocycles. The number of hydrazine groups is 1. The molecule has 1 heterocycles. The highest BCUT2D eigenvalue weighted by Crippen LogP contribution is 2.34. The molecule has 1 unspecified atom stereocenters. The maximum Gasteiger partial charge on any atom is 0.124 e. The van der Waals surface area contributed by atoms with Crippen molar-refractivity contribution >= 4 is 22.9 Å². The van der Waals surface area contributed by atoms with Crippen LogP contribution in [0.4, 0.5) is 0 Å². The summed E-state index contributed by atoms with van der Waals surface area (Å²) in [6.07, 6.45) is 1.02. The summed E-state index contributed by atoms with van der Waals surface area (Å²) in [6, 6.07) is 9.66. The van der Waals surface area contributed by atoms with E-state index in [-0.39, 0.29) is 6.04 Å². The molecule has 1 atom stereocenters. The highest BCUT2D eigenvalue weighted by atomic mass is 35.5. The third-order valence-corrected chi connectivity index (χ3v) is 4.51. The van der Waals surface area contributed by atoms with Gasteiger partial charge >= 0.3 is 0 Å². The van der Waals surface area contributed by atoms with Crippen LogP contribution in [-0.2, 0) is 6.42 Å². The number of thiophene rings is 1. The second-order valence-corrected chi connectivity index (χ2v) is 5.78. The first kappa shape index (κ1) is 14.3. The first-order valence-corrected chi connectivity index (χ1v) is 7.27. The SMILES string of the molecule is CCc1ccc(C(NN)c2cc(Cl)ccc2OC)s1. The molecule has 1 aromatic carbocycles. The lowest BCUT2D eigenvalue weighted by atomic mass is 10.0. The van der Waals surface area contributed by atoms with E-state index in [4.69, 9.17) is 22.2 Å². The van der Waals surface area contributed by atoms with Crippen molar-refractivity contribution in [1.29, 1.82) is 0 Å². The van der Waals surface area contributed by atoms with Crippen LogP contribution in [0.25, 0.3) is 0 Å². The Morgan fingerprint density at radius 1 is 1.37 bits per heavy atom. The summed E-state index contributed by atoms with van der Waals surface area (Å²) in [5, 5.41) is 0.670. The van der Waals surface area contributed by atoms with E-state index in [9.17, 15) is 0 Å². The van der Waals surface area contributed by atoms with Crippen LogP contribution in [0.1, 0.15) is 28.3 Å². The Balaban J connectivity index is 2.43. The fraction of sp³-hybridized carbons (Fsp3) is 0.286. The van der Waals surface area contributed by atoms with E-state index in [1.54, 1.807) is 18.4 Å². The highest BCUT2D eigenvalue weighted by Gasteiger charge is 2.19. The lowest BCUT2D eigenvalue weighted by Gasteiger charge is -2.18. The number of ether oxygens (including phenoxy) is 1. The second kappa shape index (κ2) is 6.39. The van der Waals surface area contributed by atoms with Crippen LogP contribution >= 0.6 is 22.9 Å². The number of methoxy groups -OCH3 is 1. The minimum atomic E-state index is -0.112. The average Bonchev–Trinajstić information content (AvgIpc) is 2.89. The van der Waals surface area contributed by atoms with Gasteiger partial charge in [-0.05, 0) is 36.8 Å². The number of nitrogens with one attached hydrogen (secondary N) is 1. The van der Waals surface area contributed by atoms with Crippen molar-refractivity contribution in [1.82, 2.24) is 5.43 Å². The smallest absolute Gasteiger partial charge is 0.124 e. The molecule has 0 bridgehead atoms. The molecule has 5 heteroatoms. The van der Waals surface area contributed by atoms with Crippen molar-refractivity contribution in [3.05, 3.63) is 50.7 Å². The number of benzene rings is 1. The van der Waals surface area contributed by atoms with Crippen LogP contribution < -0.4 is 16.0 Å². The Morgan fingerprint density at radius 2 is 2.16 bits per heavy atom. The second-order valence-electron chi connectivity index (χ2n) is 4.14. The van der Waals surface area contributed by atoms with Crippen LogP contribution in [0.15, 0.2) is 30.3 Å². The van der Waals surface area contributed by atoms with Gasteiger partial charge in [0.05, 0.1) is 13.2 Å². The van der Waals surface area contributed by atoms with Crippen molar-refractivity contribution in [2.24, 2.45) is 5.84 Å². The van der Waals surface area contributed by atoms with Gasteiger partial charge in [-0.15, -0.1) is 11.3 Å². The Bertz CT molecular complexity index is 556. The zero-order valence-electron chi connectivity index (χ0n) is 10.9. The molecule has 0 aliphatic carbocycles. The van der Waals surface area contributed by atoms with Crippen LogP contribution in [0.3, 0.4) is 0 Å².